The van der Waals surface area contributed by atoms with Crippen LogP contribution >= 0.6 is 0 Å². The van der Waals surface area contributed by atoms with E-state index in [1.165, 1.54) is 0 Å². The van der Waals surface area contributed by atoms with Crippen LogP contribution in [0.25, 0.3) is 0 Å². The van der Waals surface area contributed by atoms with Crippen molar-refractivity contribution in [1.82, 2.24) is 10.3 Å². The van der Waals surface area contributed by atoms with Crippen LogP contribution in [0.4, 0.5) is 0 Å². The summed E-state index contributed by atoms with van der Waals surface area (Å²) in [7, 11) is 0. The second kappa shape index (κ2) is 5.27. The zero-order valence-electron chi connectivity index (χ0n) is 10.0. The van der Waals surface area contributed by atoms with Crippen molar-refractivity contribution in [3.63, 3.8) is 0 Å². The van der Waals surface area contributed by atoms with Crippen molar-refractivity contribution in [2.24, 2.45) is 0 Å². The molecule has 1 amide bonds. The molecule has 17 heavy (non-hydrogen) atoms. The van der Waals surface area contributed by atoms with Crippen LogP contribution in [0, 0.1) is 6.92 Å². The number of carbonyl (C=O) groups excluding carboxylic acids is 1. The molecule has 2 rings (SSSR count). The lowest BCUT2D eigenvalue weighted by molar-refractivity contribution is 0.0716. The summed E-state index contributed by atoms with van der Waals surface area (Å²) in [6.45, 7) is 1.81. The number of pyridine rings is 1. The Morgan fingerprint density at radius 3 is 2.94 bits per heavy atom. The molecule has 1 aliphatic carbocycles. The van der Waals surface area contributed by atoms with Gasteiger partial charge in [-0.1, -0.05) is 12.8 Å². The Morgan fingerprint density at radius 1 is 1.47 bits per heavy atom. The minimum atomic E-state index is -0.412. The standard InChI is InChI=1S/C13H18N2O2/c1-9-10(5-4-8-14-9)13(17)15-11-6-2-3-7-12(11)16/h4-5,8,11-12,16H,2-3,6-7H2,1H3,(H,15,17)/t11-,12-/m1/s1. The highest BCUT2D eigenvalue weighted by molar-refractivity contribution is 5.95. The Labute approximate surface area is 101 Å². The number of aryl methyl sites for hydroxylation is 1. The van der Waals surface area contributed by atoms with Crippen molar-refractivity contribution in [2.75, 3.05) is 0 Å². The number of aromatic nitrogens is 1. The number of hydrogen-bond donors (Lipinski definition) is 2. The number of carbonyl (C=O) groups is 1. The van der Waals surface area contributed by atoms with Crippen LogP contribution in [-0.4, -0.2) is 28.1 Å². The summed E-state index contributed by atoms with van der Waals surface area (Å²) in [5.74, 6) is -0.137. The molecular formula is C13H18N2O2. The van der Waals surface area contributed by atoms with E-state index < -0.39 is 6.10 Å². The van der Waals surface area contributed by atoms with Gasteiger partial charge in [-0.05, 0) is 31.9 Å². The molecule has 0 aliphatic heterocycles. The first kappa shape index (κ1) is 12.0. The van der Waals surface area contributed by atoms with Crippen LogP contribution in [0.15, 0.2) is 18.3 Å². The average Bonchev–Trinajstić information content (AvgIpc) is 2.32. The molecule has 0 aromatic carbocycles. The predicted octanol–water partition coefficient (Wildman–Crippen LogP) is 1.42. The molecule has 0 saturated heterocycles. The molecule has 2 N–H and O–H groups in total. The molecule has 1 aromatic heterocycles. The minimum Gasteiger partial charge on any atom is -0.391 e. The first-order valence-electron chi connectivity index (χ1n) is 6.09. The van der Waals surface area contributed by atoms with Gasteiger partial charge < -0.3 is 10.4 Å². The average molecular weight is 234 g/mol. The van der Waals surface area contributed by atoms with Crippen molar-refractivity contribution in [2.45, 2.75) is 44.8 Å². The maximum absolute atomic E-state index is 12.0. The van der Waals surface area contributed by atoms with Crippen LogP contribution in [-0.2, 0) is 0 Å². The summed E-state index contributed by atoms with van der Waals surface area (Å²) >= 11 is 0. The van der Waals surface area contributed by atoms with Gasteiger partial charge in [-0.2, -0.15) is 0 Å². The number of nitrogens with zero attached hydrogens (tertiary/aromatic N) is 1. The normalized spacial score (nSPS) is 24.4. The predicted molar refractivity (Wildman–Crippen MR) is 64.7 cm³/mol. The lowest BCUT2D eigenvalue weighted by Crippen LogP contribution is -2.45. The number of rotatable bonds is 2. The number of aliphatic hydroxyl groups excluding tert-OH is 1. The highest BCUT2D eigenvalue weighted by Gasteiger charge is 2.25. The van der Waals surface area contributed by atoms with Gasteiger partial charge in [0.15, 0.2) is 0 Å². The fourth-order valence-corrected chi connectivity index (χ4v) is 2.25. The third-order valence-electron chi connectivity index (χ3n) is 3.30. The van der Waals surface area contributed by atoms with Crippen molar-refractivity contribution < 1.29 is 9.90 Å². The van der Waals surface area contributed by atoms with Crippen LogP contribution in [0.3, 0.4) is 0 Å². The van der Waals surface area contributed by atoms with Crippen LogP contribution < -0.4 is 5.32 Å². The SMILES string of the molecule is Cc1ncccc1C(=O)N[C@@H]1CCCC[C@H]1O. The highest BCUT2D eigenvalue weighted by Crippen LogP contribution is 2.18. The molecule has 0 spiro atoms. The number of amides is 1. The first-order chi connectivity index (χ1) is 8.18. The third kappa shape index (κ3) is 2.82. The molecular weight excluding hydrogens is 216 g/mol. The summed E-state index contributed by atoms with van der Waals surface area (Å²) in [6.07, 6.45) is 4.99. The number of hydrogen-bond acceptors (Lipinski definition) is 3. The maximum atomic E-state index is 12.0. The highest BCUT2D eigenvalue weighted by atomic mass is 16.3. The zero-order chi connectivity index (χ0) is 12.3. The Balaban J connectivity index is 2.04. The van der Waals surface area contributed by atoms with Crippen molar-refractivity contribution in [3.8, 4) is 0 Å². The fraction of sp³-hybridized carbons (Fsp3) is 0.538. The maximum Gasteiger partial charge on any atom is 0.253 e. The zero-order valence-corrected chi connectivity index (χ0v) is 10.0. The van der Waals surface area contributed by atoms with Crippen molar-refractivity contribution in [3.05, 3.63) is 29.6 Å². The Hall–Kier alpha value is -1.42. The van der Waals surface area contributed by atoms with E-state index in [0.29, 0.717) is 5.56 Å². The topological polar surface area (TPSA) is 62.2 Å². The molecule has 1 saturated carbocycles. The van der Waals surface area contributed by atoms with Crippen molar-refractivity contribution >= 4 is 5.91 Å². The van der Waals surface area contributed by atoms with E-state index in [9.17, 15) is 9.90 Å². The molecule has 1 aliphatic rings. The minimum absolute atomic E-state index is 0.115. The summed E-state index contributed by atoms with van der Waals surface area (Å²) < 4.78 is 0. The Morgan fingerprint density at radius 2 is 2.24 bits per heavy atom. The Kier molecular flexibility index (Phi) is 3.74. The molecule has 92 valence electrons. The lowest BCUT2D eigenvalue weighted by atomic mass is 9.92. The van der Waals surface area contributed by atoms with E-state index in [2.05, 4.69) is 10.3 Å². The molecule has 0 unspecified atom stereocenters. The van der Waals surface area contributed by atoms with E-state index in [-0.39, 0.29) is 11.9 Å². The van der Waals surface area contributed by atoms with Gasteiger partial charge in [0.2, 0.25) is 0 Å². The Bertz CT molecular complexity index is 406. The van der Waals surface area contributed by atoms with Gasteiger partial charge in [0.25, 0.3) is 5.91 Å². The summed E-state index contributed by atoms with van der Waals surface area (Å²) in [5, 5.41) is 12.7. The van der Waals surface area contributed by atoms with Gasteiger partial charge in [0, 0.05) is 11.9 Å². The molecule has 0 radical (unpaired) electrons. The monoisotopic (exact) mass is 234 g/mol. The van der Waals surface area contributed by atoms with Crippen LogP contribution in [0.2, 0.25) is 0 Å². The molecule has 4 heteroatoms. The van der Waals surface area contributed by atoms with Gasteiger partial charge >= 0.3 is 0 Å². The second-order valence-electron chi connectivity index (χ2n) is 4.57. The fourth-order valence-electron chi connectivity index (χ4n) is 2.25. The summed E-state index contributed by atoms with van der Waals surface area (Å²) in [5.41, 5.74) is 1.31. The van der Waals surface area contributed by atoms with Gasteiger partial charge in [0.05, 0.1) is 17.7 Å². The van der Waals surface area contributed by atoms with E-state index in [1.807, 2.05) is 6.92 Å². The van der Waals surface area contributed by atoms with Gasteiger partial charge in [0.1, 0.15) is 0 Å². The van der Waals surface area contributed by atoms with Crippen LogP contribution in [0.5, 0.6) is 0 Å². The first-order valence-corrected chi connectivity index (χ1v) is 6.09. The number of aliphatic hydroxyl groups is 1. The van der Waals surface area contributed by atoms with Gasteiger partial charge in [-0.3, -0.25) is 9.78 Å². The molecule has 0 bridgehead atoms. The quantitative estimate of drug-likeness (QED) is 0.813. The van der Waals surface area contributed by atoms with E-state index in [0.717, 1.165) is 31.4 Å². The van der Waals surface area contributed by atoms with E-state index >= 15 is 0 Å². The van der Waals surface area contributed by atoms with Crippen molar-refractivity contribution in [1.29, 1.82) is 0 Å². The molecule has 1 aromatic rings. The van der Waals surface area contributed by atoms with Crippen LogP contribution in [0.1, 0.15) is 41.7 Å². The molecule has 2 atom stereocenters. The lowest BCUT2D eigenvalue weighted by Gasteiger charge is -2.28. The molecule has 1 heterocycles. The summed E-state index contributed by atoms with van der Waals surface area (Å²) in [6, 6.07) is 3.39. The smallest absolute Gasteiger partial charge is 0.253 e. The number of nitrogens with one attached hydrogen (secondary N) is 1. The van der Waals surface area contributed by atoms with E-state index in [4.69, 9.17) is 0 Å². The summed E-state index contributed by atoms with van der Waals surface area (Å²) in [4.78, 5) is 16.1. The largest absolute Gasteiger partial charge is 0.391 e. The molecule has 4 nitrogen and oxygen atoms in total. The van der Waals surface area contributed by atoms with Gasteiger partial charge in [-0.15, -0.1) is 0 Å². The van der Waals surface area contributed by atoms with E-state index in [1.54, 1.807) is 18.3 Å². The van der Waals surface area contributed by atoms with Gasteiger partial charge in [-0.25, -0.2) is 0 Å². The molecule has 1 fully saturated rings. The second-order valence-corrected chi connectivity index (χ2v) is 4.57. The third-order valence-corrected chi connectivity index (χ3v) is 3.30.